The number of hydrogen-bond acceptors (Lipinski definition) is 8. The summed E-state index contributed by atoms with van der Waals surface area (Å²) in [7, 11) is 0. The van der Waals surface area contributed by atoms with Crippen LogP contribution in [0, 0.1) is 11.6 Å². The minimum Gasteiger partial charge on any atom is -0.383 e. The number of fused-ring (bicyclic) bond motifs is 1. The van der Waals surface area contributed by atoms with Crippen molar-refractivity contribution in [3.05, 3.63) is 78.5 Å². The van der Waals surface area contributed by atoms with E-state index in [4.69, 9.17) is 4.98 Å². The zero-order valence-corrected chi connectivity index (χ0v) is 25.3. The van der Waals surface area contributed by atoms with Gasteiger partial charge in [-0.2, -0.15) is 8.75 Å². The lowest BCUT2D eigenvalue weighted by Crippen LogP contribution is -2.09. The summed E-state index contributed by atoms with van der Waals surface area (Å²) >= 11 is 4.09. The van der Waals surface area contributed by atoms with Crippen LogP contribution < -0.4 is 10.6 Å². The highest BCUT2D eigenvalue weighted by atomic mass is 32.1. The highest BCUT2D eigenvalue weighted by Gasteiger charge is 2.19. The summed E-state index contributed by atoms with van der Waals surface area (Å²) < 4.78 is 39.1. The molecule has 0 amide bonds. The van der Waals surface area contributed by atoms with Crippen molar-refractivity contribution >= 4 is 56.8 Å². The van der Waals surface area contributed by atoms with Crippen LogP contribution in [0.2, 0.25) is 0 Å². The van der Waals surface area contributed by atoms with Gasteiger partial charge in [0.2, 0.25) is 0 Å². The van der Waals surface area contributed by atoms with Gasteiger partial charge in [0, 0.05) is 61.0 Å². The number of rotatable bonds is 8. The molecular formula is C31H27F2N5S3. The summed E-state index contributed by atoms with van der Waals surface area (Å²) in [5.74, 6) is -0.544. The SMILES string of the molecule is CC(C)Nc1ccc(-c2ccc(-c3cnc(-c4ccc(-c5ccc(NC(C)C)cc5F)s4)c4nsnc34)s2)c(F)c1. The Balaban J connectivity index is 1.30. The molecule has 0 saturated carbocycles. The van der Waals surface area contributed by atoms with E-state index in [-0.39, 0.29) is 23.7 Å². The van der Waals surface area contributed by atoms with Crippen molar-refractivity contribution in [2.45, 2.75) is 39.8 Å². The minimum atomic E-state index is -0.274. The van der Waals surface area contributed by atoms with Crippen LogP contribution >= 0.6 is 34.4 Å². The van der Waals surface area contributed by atoms with Gasteiger partial charge in [-0.3, -0.25) is 4.98 Å². The summed E-state index contributed by atoms with van der Waals surface area (Å²) in [4.78, 5) is 8.24. The van der Waals surface area contributed by atoms with E-state index in [0.29, 0.717) is 22.3 Å². The molecule has 5 nitrogen and oxygen atoms in total. The number of anilines is 2. The van der Waals surface area contributed by atoms with Crippen molar-refractivity contribution in [1.29, 1.82) is 0 Å². The number of thiophene rings is 2. The maximum absolute atomic E-state index is 15.0. The number of nitrogens with one attached hydrogen (secondary N) is 2. The van der Waals surface area contributed by atoms with Crippen LogP contribution in [-0.4, -0.2) is 25.8 Å². The molecule has 208 valence electrons. The Bertz CT molecular complexity index is 1720. The van der Waals surface area contributed by atoms with Gasteiger partial charge in [-0.25, -0.2) is 8.78 Å². The van der Waals surface area contributed by atoms with Crippen LogP contribution in [0.4, 0.5) is 20.2 Å². The van der Waals surface area contributed by atoms with Crippen molar-refractivity contribution in [1.82, 2.24) is 13.7 Å². The monoisotopic (exact) mass is 603 g/mol. The summed E-state index contributed by atoms with van der Waals surface area (Å²) in [5, 5.41) is 6.47. The van der Waals surface area contributed by atoms with E-state index in [1.54, 1.807) is 12.3 Å². The molecule has 6 aromatic rings. The number of pyridine rings is 1. The van der Waals surface area contributed by atoms with Crippen LogP contribution in [0.1, 0.15) is 27.7 Å². The van der Waals surface area contributed by atoms with E-state index in [9.17, 15) is 8.78 Å². The quantitative estimate of drug-likeness (QED) is 0.181. The molecule has 0 radical (unpaired) electrons. The van der Waals surface area contributed by atoms with Crippen LogP contribution in [0.3, 0.4) is 0 Å². The van der Waals surface area contributed by atoms with Crippen LogP contribution in [-0.2, 0) is 0 Å². The fraction of sp³-hybridized carbons (Fsp3) is 0.194. The lowest BCUT2D eigenvalue weighted by molar-refractivity contribution is 0.631. The van der Waals surface area contributed by atoms with E-state index in [1.165, 1.54) is 34.8 Å². The van der Waals surface area contributed by atoms with Crippen molar-refractivity contribution in [3.63, 3.8) is 0 Å². The Hall–Kier alpha value is -3.73. The minimum absolute atomic E-state index is 0.220. The second-order valence-corrected chi connectivity index (χ2v) is 13.0. The third kappa shape index (κ3) is 5.59. The zero-order chi connectivity index (χ0) is 28.7. The Morgan fingerprint density at radius 3 is 1.63 bits per heavy atom. The topological polar surface area (TPSA) is 62.7 Å². The molecule has 0 aliphatic rings. The Morgan fingerprint density at radius 2 is 1.10 bits per heavy atom. The maximum Gasteiger partial charge on any atom is 0.133 e. The molecule has 4 heterocycles. The Labute approximate surface area is 249 Å². The molecule has 0 saturated heterocycles. The molecule has 2 aromatic carbocycles. The predicted molar refractivity (Wildman–Crippen MR) is 170 cm³/mol. The smallest absolute Gasteiger partial charge is 0.133 e. The van der Waals surface area contributed by atoms with Gasteiger partial charge in [0.15, 0.2) is 0 Å². The summed E-state index contributed by atoms with van der Waals surface area (Å²) in [5.41, 5.74) is 5.62. The molecule has 2 N–H and O–H groups in total. The maximum atomic E-state index is 15.0. The van der Waals surface area contributed by atoms with Gasteiger partial charge >= 0.3 is 0 Å². The second kappa shape index (κ2) is 11.3. The fourth-order valence-electron chi connectivity index (χ4n) is 4.65. The van der Waals surface area contributed by atoms with Gasteiger partial charge in [0.1, 0.15) is 28.4 Å². The van der Waals surface area contributed by atoms with Gasteiger partial charge in [0.25, 0.3) is 0 Å². The van der Waals surface area contributed by atoms with Crippen LogP contribution in [0.15, 0.2) is 66.9 Å². The van der Waals surface area contributed by atoms with Gasteiger partial charge in [0.05, 0.1) is 16.6 Å². The summed E-state index contributed by atoms with van der Waals surface area (Å²) in [6, 6.07) is 18.7. The van der Waals surface area contributed by atoms with Crippen LogP contribution in [0.5, 0.6) is 0 Å². The van der Waals surface area contributed by atoms with Gasteiger partial charge in [-0.05, 0) is 88.4 Å². The molecule has 0 aliphatic carbocycles. The zero-order valence-electron chi connectivity index (χ0n) is 22.8. The van der Waals surface area contributed by atoms with E-state index in [0.717, 1.165) is 53.7 Å². The third-order valence-corrected chi connectivity index (χ3v) is 9.19. The van der Waals surface area contributed by atoms with Crippen molar-refractivity contribution in [3.8, 4) is 41.9 Å². The largest absolute Gasteiger partial charge is 0.383 e. The highest BCUT2D eigenvalue weighted by Crippen LogP contribution is 2.42. The molecule has 6 rings (SSSR count). The first-order valence-corrected chi connectivity index (χ1v) is 15.6. The van der Waals surface area contributed by atoms with E-state index in [1.807, 2.05) is 70.2 Å². The average Bonchev–Trinajstić information content (AvgIpc) is 3.69. The number of nitrogens with zero attached hydrogens (tertiary/aromatic N) is 3. The molecule has 0 fully saturated rings. The van der Waals surface area contributed by atoms with Gasteiger partial charge in [-0.15, -0.1) is 22.7 Å². The number of hydrogen-bond donors (Lipinski definition) is 2. The number of benzene rings is 2. The predicted octanol–water partition coefficient (Wildman–Crippen LogP) is 9.80. The molecule has 0 atom stereocenters. The summed E-state index contributed by atoms with van der Waals surface area (Å²) in [6.45, 7) is 8.08. The first-order chi connectivity index (χ1) is 19.8. The van der Waals surface area contributed by atoms with E-state index < -0.39 is 0 Å². The van der Waals surface area contributed by atoms with Gasteiger partial charge < -0.3 is 10.6 Å². The fourth-order valence-corrected chi connectivity index (χ4v) is 7.28. The lowest BCUT2D eigenvalue weighted by atomic mass is 10.1. The lowest BCUT2D eigenvalue weighted by Gasteiger charge is -2.11. The molecule has 0 unspecified atom stereocenters. The molecule has 0 aliphatic heterocycles. The third-order valence-electron chi connectivity index (χ3n) is 6.38. The average molecular weight is 604 g/mol. The van der Waals surface area contributed by atoms with E-state index in [2.05, 4.69) is 19.4 Å². The first kappa shape index (κ1) is 27.4. The van der Waals surface area contributed by atoms with Crippen molar-refractivity contribution < 1.29 is 8.78 Å². The molecule has 0 bridgehead atoms. The molecule has 41 heavy (non-hydrogen) atoms. The summed E-state index contributed by atoms with van der Waals surface area (Å²) in [6.07, 6.45) is 1.80. The second-order valence-electron chi connectivity index (χ2n) is 10.3. The molecule has 10 heteroatoms. The Kier molecular flexibility index (Phi) is 7.54. The number of halogens is 2. The highest BCUT2D eigenvalue weighted by molar-refractivity contribution is 7.19. The van der Waals surface area contributed by atoms with Crippen LogP contribution in [0.25, 0.3) is 52.9 Å². The first-order valence-electron chi connectivity index (χ1n) is 13.2. The van der Waals surface area contributed by atoms with Crippen molar-refractivity contribution in [2.75, 3.05) is 10.6 Å². The Morgan fingerprint density at radius 1 is 0.610 bits per heavy atom. The molecular weight excluding hydrogens is 577 g/mol. The molecule has 0 spiro atoms. The molecule has 4 aromatic heterocycles. The van der Waals surface area contributed by atoms with E-state index >= 15 is 0 Å². The normalized spacial score (nSPS) is 11.6. The standard InChI is InChI=1S/C31H27F2N5S3/c1-16(2)35-18-5-7-20(23(32)13-18)25-9-10-27(39-25)22-15-34-30(31-29(22)37-41-38-31)28-12-11-26(40-28)21-8-6-19(14-24(21)33)36-17(3)4/h5-17,35-36H,1-4H3. The van der Waals surface area contributed by atoms with Gasteiger partial charge in [-0.1, -0.05) is 0 Å². The van der Waals surface area contributed by atoms with Crippen molar-refractivity contribution in [2.24, 2.45) is 0 Å². The number of aromatic nitrogens is 3.